The normalized spacial score (nSPS) is 19.5. The van der Waals surface area contributed by atoms with Crippen LogP contribution in [0.4, 0.5) is 5.95 Å². The fourth-order valence-corrected chi connectivity index (χ4v) is 2.24. The summed E-state index contributed by atoms with van der Waals surface area (Å²) in [6.45, 7) is 5.10. The Bertz CT molecular complexity index is 528. The Hall–Kier alpha value is -1.69. The van der Waals surface area contributed by atoms with Gasteiger partial charge in [0, 0.05) is 31.5 Å². The third-order valence-corrected chi connectivity index (χ3v) is 3.15. The predicted molar refractivity (Wildman–Crippen MR) is 70.5 cm³/mol. The van der Waals surface area contributed by atoms with E-state index in [4.69, 9.17) is 0 Å². The van der Waals surface area contributed by atoms with Gasteiger partial charge < -0.3 is 10.6 Å². The molecule has 0 aliphatic carbocycles. The fraction of sp³-hybridized carbons (Fsp3) is 0.583. The minimum atomic E-state index is 0.431. The number of aromatic nitrogens is 4. The van der Waals surface area contributed by atoms with Gasteiger partial charge in [-0.05, 0) is 19.4 Å². The molecule has 0 aromatic carbocycles. The second kappa shape index (κ2) is 4.89. The first-order valence-corrected chi connectivity index (χ1v) is 6.52. The third-order valence-electron chi connectivity index (χ3n) is 3.15. The highest BCUT2D eigenvalue weighted by molar-refractivity contribution is 5.73. The van der Waals surface area contributed by atoms with Crippen LogP contribution in [0.1, 0.15) is 19.8 Å². The first-order chi connectivity index (χ1) is 8.85. The van der Waals surface area contributed by atoms with Crippen molar-refractivity contribution in [3.05, 3.63) is 12.4 Å². The first kappa shape index (κ1) is 11.4. The molecule has 1 aliphatic heterocycles. The fourth-order valence-electron chi connectivity index (χ4n) is 2.24. The van der Waals surface area contributed by atoms with E-state index in [1.54, 1.807) is 0 Å². The largest absolute Gasteiger partial charge is 0.350 e. The van der Waals surface area contributed by atoms with Gasteiger partial charge in [-0.25, -0.2) is 4.98 Å². The maximum Gasteiger partial charge on any atom is 0.225 e. The Morgan fingerprint density at radius 2 is 2.50 bits per heavy atom. The molecule has 2 N–H and O–H groups in total. The molecule has 1 fully saturated rings. The number of hydrogen-bond acceptors (Lipinski definition) is 5. The highest BCUT2D eigenvalue weighted by Gasteiger charge is 2.15. The summed E-state index contributed by atoms with van der Waals surface area (Å²) in [5, 5.41) is 12.1. The zero-order valence-corrected chi connectivity index (χ0v) is 10.6. The maximum atomic E-state index is 4.46. The molecular formula is C12H18N6. The quantitative estimate of drug-likeness (QED) is 0.842. The average Bonchev–Trinajstić information content (AvgIpc) is 2.98. The van der Waals surface area contributed by atoms with Crippen LogP contribution in [0.3, 0.4) is 0 Å². The van der Waals surface area contributed by atoms with Crippen LogP contribution in [-0.4, -0.2) is 38.9 Å². The van der Waals surface area contributed by atoms with Crippen LogP contribution >= 0.6 is 0 Å². The van der Waals surface area contributed by atoms with Crippen molar-refractivity contribution in [3.8, 4) is 0 Å². The summed E-state index contributed by atoms with van der Waals surface area (Å²) < 4.78 is 1.93. The van der Waals surface area contributed by atoms with E-state index in [-0.39, 0.29) is 0 Å². The molecule has 0 unspecified atom stereocenters. The van der Waals surface area contributed by atoms with E-state index in [0.29, 0.717) is 12.0 Å². The Morgan fingerprint density at radius 1 is 1.56 bits per heavy atom. The lowest BCUT2D eigenvalue weighted by molar-refractivity contribution is 0.607. The molecule has 0 spiro atoms. The third kappa shape index (κ3) is 2.28. The molecule has 96 valence electrons. The number of anilines is 1. The van der Waals surface area contributed by atoms with Crippen molar-refractivity contribution in [2.75, 3.05) is 18.4 Å². The molecule has 0 saturated carbocycles. The van der Waals surface area contributed by atoms with Crippen molar-refractivity contribution in [2.24, 2.45) is 0 Å². The molecule has 6 nitrogen and oxygen atoms in total. The summed E-state index contributed by atoms with van der Waals surface area (Å²) in [7, 11) is 0. The standard InChI is InChI=1S/C12H18N6/c1-2-5-18-8-9-6-14-12(16-11(9)17-18)15-10-3-4-13-7-10/h6,8,10,13H,2-5,7H2,1H3,(H,15,16,17)/t10-/m0/s1. The predicted octanol–water partition coefficient (Wildman–Crippen LogP) is 1.01. The second-order valence-electron chi connectivity index (χ2n) is 4.70. The molecule has 1 saturated heterocycles. The van der Waals surface area contributed by atoms with Crippen molar-refractivity contribution >= 4 is 17.0 Å². The van der Waals surface area contributed by atoms with Crippen LogP contribution in [0.2, 0.25) is 0 Å². The minimum absolute atomic E-state index is 0.431. The number of aryl methyl sites for hydroxylation is 1. The molecular weight excluding hydrogens is 228 g/mol. The molecule has 2 aromatic rings. The molecule has 1 atom stereocenters. The molecule has 18 heavy (non-hydrogen) atoms. The SMILES string of the molecule is CCCn1cc2cnc(N[C@H]3CCNC3)nc2n1. The summed E-state index contributed by atoms with van der Waals surface area (Å²) >= 11 is 0. The number of rotatable bonds is 4. The van der Waals surface area contributed by atoms with Crippen LogP contribution in [0.25, 0.3) is 11.0 Å². The zero-order valence-electron chi connectivity index (χ0n) is 10.6. The van der Waals surface area contributed by atoms with Gasteiger partial charge in [0.05, 0.1) is 5.39 Å². The van der Waals surface area contributed by atoms with E-state index >= 15 is 0 Å². The van der Waals surface area contributed by atoms with Gasteiger partial charge in [0.15, 0.2) is 5.65 Å². The van der Waals surface area contributed by atoms with Crippen LogP contribution in [0, 0.1) is 0 Å². The van der Waals surface area contributed by atoms with Crippen molar-refractivity contribution in [1.82, 2.24) is 25.1 Å². The molecule has 0 radical (unpaired) electrons. The summed E-state index contributed by atoms with van der Waals surface area (Å²) in [5.41, 5.74) is 0.770. The lowest BCUT2D eigenvalue weighted by Gasteiger charge is -2.09. The van der Waals surface area contributed by atoms with Crippen molar-refractivity contribution in [3.63, 3.8) is 0 Å². The van der Waals surface area contributed by atoms with Gasteiger partial charge in [-0.15, -0.1) is 0 Å². The van der Waals surface area contributed by atoms with E-state index in [0.717, 1.165) is 43.5 Å². The van der Waals surface area contributed by atoms with E-state index in [9.17, 15) is 0 Å². The first-order valence-electron chi connectivity index (χ1n) is 6.52. The molecule has 1 aliphatic rings. The molecule has 0 bridgehead atoms. The summed E-state index contributed by atoms with van der Waals surface area (Å²) in [6.07, 6.45) is 6.03. The molecule has 3 heterocycles. The van der Waals surface area contributed by atoms with E-state index in [2.05, 4.69) is 32.6 Å². The van der Waals surface area contributed by atoms with Crippen molar-refractivity contribution < 1.29 is 0 Å². The van der Waals surface area contributed by atoms with Gasteiger partial charge in [-0.2, -0.15) is 10.1 Å². The smallest absolute Gasteiger partial charge is 0.225 e. The monoisotopic (exact) mass is 246 g/mol. The number of nitrogens with zero attached hydrogens (tertiary/aromatic N) is 4. The number of fused-ring (bicyclic) bond motifs is 1. The summed E-state index contributed by atoms with van der Waals surface area (Å²) in [6, 6.07) is 0.431. The molecule has 6 heteroatoms. The zero-order chi connectivity index (χ0) is 12.4. The van der Waals surface area contributed by atoms with Gasteiger partial charge in [0.2, 0.25) is 5.95 Å². The van der Waals surface area contributed by atoms with Gasteiger partial charge in [-0.3, -0.25) is 4.68 Å². The number of nitrogens with one attached hydrogen (secondary N) is 2. The minimum Gasteiger partial charge on any atom is -0.350 e. The molecule has 0 amide bonds. The highest BCUT2D eigenvalue weighted by atomic mass is 15.3. The average molecular weight is 246 g/mol. The lowest BCUT2D eigenvalue weighted by atomic mass is 10.3. The summed E-state index contributed by atoms with van der Waals surface area (Å²) in [4.78, 5) is 8.80. The van der Waals surface area contributed by atoms with E-state index in [1.807, 2.05) is 17.1 Å². The Morgan fingerprint density at radius 3 is 3.28 bits per heavy atom. The Labute approximate surface area is 106 Å². The van der Waals surface area contributed by atoms with Crippen LogP contribution in [0.15, 0.2) is 12.4 Å². The Balaban J connectivity index is 1.80. The topological polar surface area (TPSA) is 67.7 Å². The van der Waals surface area contributed by atoms with E-state index in [1.165, 1.54) is 0 Å². The van der Waals surface area contributed by atoms with Crippen LogP contribution in [0.5, 0.6) is 0 Å². The maximum absolute atomic E-state index is 4.46. The van der Waals surface area contributed by atoms with Gasteiger partial charge in [-0.1, -0.05) is 6.92 Å². The second-order valence-corrected chi connectivity index (χ2v) is 4.70. The van der Waals surface area contributed by atoms with Gasteiger partial charge >= 0.3 is 0 Å². The van der Waals surface area contributed by atoms with Crippen LogP contribution < -0.4 is 10.6 Å². The lowest BCUT2D eigenvalue weighted by Crippen LogP contribution is -2.23. The van der Waals surface area contributed by atoms with E-state index < -0.39 is 0 Å². The van der Waals surface area contributed by atoms with Crippen molar-refractivity contribution in [1.29, 1.82) is 0 Å². The molecule has 2 aromatic heterocycles. The number of hydrogen-bond donors (Lipinski definition) is 2. The van der Waals surface area contributed by atoms with Crippen LogP contribution in [-0.2, 0) is 6.54 Å². The highest BCUT2D eigenvalue weighted by Crippen LogP contribution is 2.12. The Kier molecular flexibility index (Phi) is 3.10. The van der Waals surface area contributed by atoms with Gasteiger partial charge in [0.1, 0.15) is 0 Å². The van der Waals surface area contributed by atoms with Crippen molar-refractivity contribution in [2.45, 2.75) is 32.4 Å². The molecule has 3 rings (SSSR count). The summed E-state index contributed by atoms with van der Waals surface area (Å²) in [5.74, 6) is 0.679. The van der Waals surface area contributed by atoms with Gasteiger partial charge in [0.25, 0.3) is 0 Å².